The van der Waals surface area contributed by atoms with Crippen molar-refractivity contribution >= 4 is 33.1 Å². The Bertz CT molecular complexity index is 110. The van der Waals surface area contributed by atoms with Gasteiger partial charge in [0.2, 0.25) is 0 Å². The Hall–Kier alpha value is -0.341. The summed E-state index contributed by atoms with van der Waals surface area (Å²) in [4.78, 5) is 19.7. The predicted octanol–water partition coefficient (Wildman–Crippen LogP) is -1.95. The van der Waals surface area contributed by atoms with Crippen LogP contribution in [0.4, 0.5) is 0 Å². The van der Waals surface area contributed by atoms with E-state index >= 15 is 0 Å². The summed E-state index contributed by atoms with van der Waals surface area (Å²) in [6, 6.07) is 0. The van der Waals surface area contributed by atoms with Crippen LogP contribution in [0, 0.1) is 0 Å². The van der Waals surface area contributed by atoms with Crippen molar-refractivity contribution < 1.29 is 30.8 Å². The van der Waals surface area contributed by atoms with Gasteiger partial charge in [-0.05, 0) is 0 Å². The molecule has 0 aromatic rings. The summed E-state index contributed by atoms with van der Waals surface area (Å²) in [6.07, 6.45) is 0. The summed E-state index contributed by atoms with van der Waals surface area (Å²) in [6.45, 7) is 0. The van der Waals surface area contributed by atoms with Crippen molar-refractivity contribution in [1.29, 1.82) is 0 Å². The molecule has 0 amide bonds. The molecular formula is C4H10O6Sn. The molecule has 66 valence electrons. The van der Waals surface area contributed by atoms with Crippen molar-refractivity contribution in [2.45, 2.75) is 8.87 Å². The van der Waals surface area contributed by atoms with Gasteiger partial charge in [0.15, 0.2) is 0 Å². The van der Waals surface area contributed by atoms with E-state index in [-0.39, 0.29) is 19.8 Å². The third-order valence-corrected chi connectivity index (χ3v) is 3.71. The first-order chi connectivity index (χ1) is 4.13. The van der Waals surface area contributed by atoms with Gasteiger partial charge in [0.1, 0.15) is 0 Å². The Morgan fingerprint density at radius 2 is 1.27 bits per heavy atom. The topological polar surface area (TPSA) is 138 Å². The molecule has 0 atom stereocenters. The van der Waals surface area contributed by atoms with Crippen molar-refractivity contribution in [3.63, 3.8) is 0 Å². The molecule has 2 radical (unpaired) electrons. The fraction of sp³-hybridized carbons (Fsp3) is 0.500. The summed E-state index contributed by atoms with van der Waals surface area (Å²) in [5.74, 6) is -1.74. The number of carboxylic acid groups (broad SMARTS) is 2. The molecule has 6 nitrogen and oxygen atoms in total. The fourth-order valence-electron chi connectivity index (χ4n) is 0.276. The molecule has 6 N–H and O–H groups in total. The van der Waals surface area contributed by atoms with Crippen LogP contribution in [0.25, 0.3) is 0 Å². The van der Waals surface area contributed by atoms with E-state index < -0.39 is 33.1 Å². The van der Waals surface area contributed by atoms with Crippen LogP contribution >= 0.6 is 0 Å². The van der Waals surface area contributed by atoms with E-state index in [1.54, 1.807) is 0 Å². The molecule has 0 spiro atoms. The zero-order chi connectivity index (χ0) is 7.28. The van der Waals surface area contributed by atoms with E-state index in [4.69, 9.17) is 10.2 Å². The third kappa shape index (κ3) is 17.7. The first-order valence-electron chi connectivity index (χ1n) is 2.27. The fourth-order valence-corrected chi connectivity index (χ4v) is 1.85. The van der Waals surface area contributed by atoms with Gasteiger partial charge in [-0.25, -0.2) is 0 Å². The molecule has 0 rings (SSSR count). The number of rotatable bonds is 4. The van der Waals surface area contributed by atoms with E-state index in [1.165, 1.54) is 0 Å². The molecule has 0 saturated heterocycles. The van der Waals surface area contributed by atoms with Gasteiger partial charge in [0, 0.05) is 0 Å². The quantitative estimate of drug-likeness (QED) is 0.574. The SMILES string of the molecule is O.O.O=C(O)[CH2][Sn][CH2]C(=O)O. The summed E-state index contributed by atoms with van der Waals surface area (Å²) in [5.41, 5.74) is 0. The molecule has 0 saturated carbocycles. The standard InChI is InChI=1S/2C2H3O2.2H2O.Sn/c2*1-2(3)4;;;/h2*1H2,(H,3,4);2*1H2;. The zero-order valence-electron chi connectivity index (χ0n) is 5.63. The molecule has 0 aliphatic heterocycles. The molecule has 11 heavy (non-hydrogen) atoms. The third-order valence-electron chi connectivity index (χ3n) is 0.552. The molecule has 0 aliphatic rings. The van der Waals surface area contributed by atoms with Crippen LogP contribution < -0.4 is 0 Å². The van der Waals surface area contributed by atoms with Gasteiger partial charge in [-0.2, -0.15) is 0 Å². The second-order valence-corrected chi connectivity index (χ2v) is 4.84. The molecule has 0 aromatic carbocycles. The monoisotopic (exact) mass is 274 g/mol. The van der Waals surface area contributed by atoms with Crippen LogP contribution in [-0.4, -0.2) is 54.2 Å². The normalized spacial score (nSPS) is 7.27. The first-order valence-corrected chi connectivity index (χ1v) is 6.31. The van der Waals surface area contributed by atoms with Gasteiger partial charge in [-0.3, -0.25) is 0 Å². The van der Waals surface area contributed by atoms with Crippen molar-refractivity contribution in [3.8, 4) is 0 Å². The van der Waals surface area contributed by atoms with E-state index in [0.717, 1.165) is 0 Å². The molecular weight excluding hydrogens is 263 g/mol. The van der Waals surface area contributed by atoms with Crippen molar-refractivity contribution in [1.82, 2.24) is 0 Å². The number of hydrogen-bond acceptors (Lipinski definition) is 2. The molecule has 7 heteroatoms. The molecule has 0 unspecified atom stereocenters. The summed E-state index contributed by atoms with van der Waals surface area (Å²) >= 11 is -1.13. The van der Waals surface area contributed by atoms with Crippen molar-refractivity contribution in [2.24, 2.45) is 0 Å². The summed E-state index contributed by atoms with van der Waals surface area (Å²) in [5, 5.41) is 16.2. The van der Waals surface area contributed by atoms with Gasteiger partial charge in [0.25, 0.3) is 0 Å². The van der Waals surface area contributed by atoms with Gasteiger partial charge < -0.3 is 11.0 Å². The maximum absolute atomic E-state index is 9.83. The van der Waals surface area contributed by atoms with Crippen molar-refractivity contribution in [3.05, 3.63) is 0 Å². The van der Waals surface area contributed by atoms with E-state index in [2.05, 4.69) is 0 Å². The Morgan fingerprint density at radius 3 is 1.45 bits per heavy atom. The van der Waals surface area contributed by atoms with Gasteiger partial charge >= 0.3 is 61.8 Å². The van der Waals surface area contributed by atoms with Gasteiger partial charge in [-0.15, -0.1) is 0 Å². The predicted molar refractivity (Wildman–Crippen MR) is 37.9 cm³/mol. The summed E-state index contributed by atoms with van der Waals surface area (Å²) < 4.78 is 0.214. The van der Waals surface area contributed by atoms with Crippen LogP contribution in [0.15, 0.2) is 0 Å². The second kappa shape index (κ2) is 9.66. The Labute approximate surface area is 73.1 Å². The van der Waals surface area contributed by atoms with Crippen LogP contribution in [-0.2, 0) is 9.59 Å². The van der Waals surface area contributed by atoms with Gasteiger partial charge in [0.05, 0.1) is 0 Å². The molecule has 0 heterocycles. The van der Waals surface area contributed by atoms with Crippen LogP contribution in [0.3, 0.4) is 0 Å². The summed E-state index contributed by atoms with van der Waals surface area (Å²) in [7, 11) is 0. The first kappa shape index (κ1) is 17.0. The van der Waals surface area contributed by atoms with Crippen LogP contribution in [0.1, 0.15) is 0 Å². The van der Waals surface area contributed by atoms with Crippen LogP contribution in [0.2, 0.25) is 8.87 Å². The number of carbonyl (C=O) groups is 2. The Kier molecular flexibility index (Phi) is 14.9. The maximum atomic E-state index is 9.83. The number of aliphatic carboxylic acids is 2. The van der Waals surface area contributed by atoms with E-state index in [0.29, 0.717) is 0 Å². The molecule has 0 bridgehead atoms. The molecule has 0 fully saturated rings. The van der Waals surface area contributed by atoms with Crippen LogP contribution in [0.5, 0.6) is 0 Å². The van der Waals surface area contributed by atoms with E-state index in [9.17, 15) is 9.59 Å². The molecule has 0 aromatic heterocycles. The minimum atomic E-state index is -1.13. The van der Waals surface area contributed by atoms with Crippen molar-refractivity contribution in [2.75, 3.05) is 0 Å². The Morgan fingerprint density at radius 1 is 1.00 bits per heavy atom. The number of hydrogen-bond donors (Lipinski definition) is 2. The number of carboxylic acids is 2. The minimum absolute atomic E-state index is 0. The second-order valence-electron chi connectivity index (χ2n) is 1.39. The Balaban J connectivity index is -0.000000320. The average molecular weight is 273 g/mol. The zero-order valence-corrected chi connectivity index (χ0v) is 8.48. The molecule has 0 aliphatic carbocycles. The van der Waals surface area contributed by atoms with Gasteiger partial charge in [-0.1, -0.05) is 0 Å². The average Bonchev–Trinajstić information content (AvgIpc) is 1.63. The van der Waals surface area contributed by atoms with E-state index in [1.807, 2.05) is 0 Å².